The highest BCUT2D eigenvalue weighted by Crippen LogP contribution is 2.36. The number of rotatable bonds is 4. The number of hydrogen-bond acceptors (Lipinski definition) is 4. The van der Waals surface area contributed by atoms with Crippen LogP contribution in [0.3, 0.4) is 0 Å². The van der Waals surface area contributed by atoms with Gasteiger partial charge in [-0.1, -0.05) is 6.07 Å². The largest absolute Gasteiger partial charge is 0.373 e. The second-order valence-corrected chi connectivity index (χ2v) is 8.69. The standard InChI is InChI=1S/C24H27N3O3/c1-17-9-18(13-25-12-17)14-29-21-6-8-30-24(11-21)15-27(16-24)23(28)20-3-4-22-19(10-20)5-7-26(22)2/h3-5,7,9-10,12-13,21H,6,8,11,14-16H2,1-2H3/t21-/m1/s1. The summed E-state index contributed by atoms with van der Waals surface area (Å²) < 4.78 is 14.3. The number of pyridine rings is 1. The molecule has 30 heavy (non-hydrogen) atoms. The van der Waals surface area contributed by atoms with Crippen molar-refractivity contribution < 1.29 is 14.3 Å². The molecule has 0 radical (unpaired) electrons. The molecule has 0 unspecified atom stereocenters. The number of ether oxygens (including phenoxy) is 2. The maximum Gasteiger partial charge on any atom is 0.254 e. The Morgan fingerprint density at radius 3 is 2.97 bits per heavy atom. The van der Waals surface area contributed by atoms with Crippen LogP contribution in [0.25, 0.3) is 10.9 Å². The van der Waals surface area contributed by atoms with Crippen molar-refractivity contribution in [2.75, 3.05) is 19.7 Å². The lowest BCUT2D eigenvalue weighted by Gasteiger charge is -2.53. The fourth-order valence-corrected chi connectivity index (χ4v) is 4.65. The Morgan fingerprint density at radius 1 is 1.27 bits per heavy atom. The lowest BCUT2D eigenvalue weighted by Crippen LogP contribution is -2.67. The molecule has 156 valence electrons. The highest BCUT2D eigenvalue weighted by molar-refractivity contribution is 5.98. The summed E-state index contributed by atoms with van der Waals surface area (Å²) in [5.41, 5.74) is 3.84. The van der Waals surface area contributed by atoms with Gasteiger partial charge < -0.3 is 18.9 Å². The van der Waals surface area contributed by atoms with Gasteiger partial charge >= 0.3 is 0 Å². The Balaban J connectivity index is 1.19. The first kappa shape index (κ1) is 19.3. The molecule has 6 nitrogen and oxygen atoms in total. The van der Waals surface area contributed by atoms with E-state index in [1.165, 1.54) is 0 Å². The van der Waals surface area contributed by atoms with Crippen LogP contribution in [0, 0.1) is 6.92 Å². The SMILES string of the molecule is Cc1cncc(CO[C@@H]2CCOC3(C2)CN(C(=O)c2ccc4c(ccn4C)c2)C3)c1. The molecule has 6 heteroatoms. The first-order valence-corrected chi connectivity index (χ1v) is 10.5. The zero-order valence-electron chi connectivity index (χ0n) is 17.5. The third-order valence-electron chi connectivity index (χ3n) is 6.24. The predicted octanol–water partition coefficient (Wildman–Crippen LogP) is 3.47. The molecule has 2 aromatic heterocycles. The normalized spacial score (nSPS) is 20.5. The van der Waals surface area contributed by atoms with Crippen molar-refractivity contribution in [3.63, 3.8) is 0 Å². The van der Waals surface area contributed by atoms with E-state index in [4.69, 9.17) is 9.47 Å². The Morgan fingerprint density at radius 2 is 2.13 bits per heavy atom. The maximum atomic E-state index is 13.0. The zero-order chi connectivity index (χ0) is 20.7. The Hall–Kier alpha value is -2.70. The number of aryl methyl sites for hydroxylation is 2. The number of carbonyl (C=O) groups excluding carboxylic acids is 1. The van der Waals surface area contributed by atoms with E-state index in [0.29, 0.717) is 26.3 Å². The minimum atomic E-state index is -0.264. The molecular weight excluding hydrogens is 378 g/mol. The molecule has 3 aromatic rings. The van der Waals surface area contributed by atoms with Crippen molar-refractivity contribution in [1.29, 1.82) is 0 Å². The molecule has 5 rings (SSSR count). The lowest BCUT2D eigenvalue weighted by molar-refractivity contribution is -0.188. The molecule has 0 aliphatic carbocycles. The third kappa shape index (κ3) is 3.61. The molecule has 0 saturated carbocycles. The summed E-state index contributed by atoms with van der Waals surface area (Å²) in [6.45, 7) is 4.54. The van der Waals surface area contributed by atoms with Crippen molar-refractivity contribution in [2.45, 2.75) is 38.1 Å². The van der Waals surface area contributed by atoms with E-state index in [1.54, 1.807) is 0 Å². The van der Waals surface area contributed by atoms with Crippen LogP contribution in [-0.2, 0) is 23.1 Å². The van der Waals surface area contributed by atoms with E-state index >= 15 is 0 Å². The maximum absolute atomic E-state index is 13.0. The number of benzene rings is 1. The summed E-state index contributed by atoms with van der Waals surface area (Å²) >= 11 is 0. The second-order valence-electron chi connectivity index (χ2n) is 8.69. The zero-order valence-corrected chi connectivity index (χ0v) is 17.5. The smallest absolute Gasteiger partial charge is 0.254 e. The number of nitrogens with zero attached hydrogens (tertiary/aromatic N) is 3. The van der Waals surface area contributed by atoms with Crippen molar-refractivity contribution in [3.8, 4) is 0 Å². The van der Waals surface area contributed by atoms with Gasteiger partial charge in [0.15, 0.2) is 0 Å². The first-order chi connectivity index (χ1) is 14.5. The van der Waals surface area contributed by atoms with Gasteiger partial charge in [0.05, 0.1) is 25.8 Å². The Kier molecular flexibility index (Phi) is 4.83. The summed E-state index contributed by atoms with van der Waals surface area (Å²) in [5.74, 6) is 0.0730. The molecular formula is C24H27N3O3. The van der Waals surface area contributed by atoms with Crippen LogP contribution < -0.4 is 0 Å². The third-order valence-corrected chi connectivity index (χ3v) is 6.24. The molecule has 1 atom stereocenters. The highest BCUT2D eigenvalue weighted by Gasteiger charge is 2.49. The predicted molar refractivity (Wildman–Crippen MR) is 114 cm³/mol. The van der Waals surface area contributed by atoms with Gasteiger partial charge in [-0.05, 0) is 48.7 Å². The summed E-state index contributed by atoms with van der Waals surface area (Å²) in [4.78, 5) is 19.1. The van der Waals surface area contributed by atoms with Crippen LogP contribution >= 0.6 is 0 Å². The van der Waals surface area contributed by atoms with Crippen molar-refractivity contribution in [1.82, 2.24) is 14.5 Å². The van der Waals surface area contributed by atoms with Crippen molar-refractivity contribution in [3.05, 3.63) is 65.6 Å². The molecule has 1 spiro atoms. The summed E-state index contributed by atoms with van der Waals surface area (Å²) in [6, 6.07) is 10.1. The summed E-state index contributed by atoms with van der Waals surface area (Å²) in [6.07, 6.45) is 7.59. The fourth-order valence-electron chi connectivity index (χ4n) is 4.65. The fraction of sp³-hybridized carbons (Fsp3) is 0.417. The lowest BCUT2D eigenvalue weighted by atomic mass is 9.84. The van der Waals surface area contributed by atoms with E-state index in [1.807, 2.05) is 61.7 Å². The molecule has 1 amide bonds. The van der Waals surface area contributed by atoms with Gasteiger partial charge in [0.2, 0.25) is 0 Å². The second kappa shape index (κ2) is 7.52. The molecule has 4 heterocycles. The van der Waals surface area contributed by atoms with Gasteiger partial charge in [-0.3, -0.25) is 9.78 Å². The number of carbonyl (C=O) groups is 1. The van der Waals surface area contributed by atoms with E-state index in [0.717, 1.165) is 40.4 Å². The van der Waals surface area contributed by atoms with Crippen LogP contribution in [-0.4, -0.2) is 51.8 Å². The molecule has 0 bridgehead atoms. The van der Waals surface area contributed by atoms with Gasteiger partial charge in [-0.15, -0.1) is 0 Å². The van der Waals surface area contributed by atoms with Gasteiger partial charge in [-0.25, -0.2) is 0 Å². The monoisotopic (exact) mass is 405 g/mol. The van der Waals surface area contributed by atoms with Gasteiger partial charge in [-0.2, -0.15) is 0 Å². The van der Waals surface area contributed by atoms with Crippen LogP contribution in [0.15, 0.2) is 48.9 Å². The number of amides is 1. The number of hydrogen-bond donors (Lipinski definition) is 0. The van der Waals surface area contributed by atoms with E-state index in [2.05, 4.69) is 15.6 Å². The summed E-state index contributed by atoms with van der Waals surface area (Å²) in [5, 5.41) is 1.09. The van der Waals surface area contributed by atoms with Gasteiger partial charge in [0.1, 0.15) is 5.60 Å². The minimum Gasteiger partial charge on any atom is -0.373 e. The van der Waals surface area contributed by atoms with Crippen molar-refractivity contribution in [2.24, 2.45) is 7.05 Å². The first-order valence-electron chi connectivity index (χ1n) is 10.5. The minimum absolute atomic E-state index is 0.0730. The average molecular weight is 405 g/mol. The topological polar surface area (TPSA) is 56.6 Å². The van der Waals surface area contributed by atoms with Crippen LogP contribution in [0.5, 0.6) is 0 Å². The number of fused-ring (bicyclic) bond motifs is 1. The van der Waals surface area contributed by atoms with Crippen LogP contribution in [0.4, 0.5) is 0 Å². The molecule has 2 saturated heterocycles. The van der Waals surface area contributed by atoms with Crippen molar-refractivity contribution >= 4 is 16.8 Å². The molecule has 2 fully saturated rings. The number of aromatic nitrogens is 2. The number of likely N-dealkylation sites (tertiary alicyclic amines) is 1. The quantitative estimate of drug-likeness (QED) is 0.667. The van der Waals surface area contributed by atoms with E-state index in [9.17, 15) is 4.79 Å². The van der Waals surface area contributed by atoms with Crippen LogP contribution in [0.2, 0.25) is 0 Å². The van der Waals surface area contributed by atoms with Gasteiger partial charge in [0.25, 0.3) is 5.91 Å². The van der Waals surface area contributed by atoms with Crippen LogP contribution in [0.1, 0.15) is 34.3 Å². The average Bonchev–Trinajstić information content (AvgIpc) is 3.10. The Labute approximate surface area is 176 Å². The van der Waals surface area contributed by atoms with E-state index < -0.39 is 0 Å². The Bertz CT molecular complexity index is 1080. The molecule has 1 aromatic carbocycles. The van der Waals surface area contributed by atoms with Gasteiger partial charge in [0, 0.05) is 55.1 Å². The molecule has 0 N–H and O–H groups in total. The molecule has 2 aliphatic rings. The summed E-state index contributed by atoms with van der Waals surface area (Å²) in [7, 11) is 2.01. The molecule has 2 aliphatic heterocycles. The van der Waals surface area contributed by atoms with E-state index in [-0.39, 0.29) is 17.6 Å². The highest BCUT2D eigenvalue weighted by atomic mass is 16.5.